The lowest BCUT2D eigenvalue weighted by Gasteiger charge is -2.35. The molecule has 0 spiro atoms. The van der Waals surface area contributed by atoms with Crippen molar-refractivity contribution in [2.45, 2.75) is 83.4 Å². The van der Waals surface area contributed by atoms with Crippen LogP contribution in [-0.2, 0) is 14.3 Å². The molecule has 0 aromatic carbocycles. The van der Waals surface area contributed by atoms with E-state index in [4.69, 9.17) is 9.47 Å². The van der Waals surface area contributed by atoms with Crippen molar-refractivity contribution in [2.24, 2.45) is 5.92 Å². The van der Waals surface area contributed by atoms with E-state index in [0.717, 1.165) is 45.1 Å². The molecular weight excluding hydrogens is 266 g/mol. The van der Waals surface area contributed by atoms with Crippen molar-refractivity contribution in [1.29, 1.82) is 0 Å². The molecule has 0 aromatic rings. The number of nitrogens with one attached hydrogen (secondary N) is 1. The van der Waals surface area contributed by atoms with Gasteiger partial charge in [-0.05, 0) is 51.9 Å². The van der Waals surface area contributed by atoms with Gasteiger partial charge in [-0.25, -0.2) is 0 Å². The zero-order valence-corrected chi connectivity index (χ0v) is 13.6. The molecule has 1 saturated heterocycles. The third-order valence-electron chi connectivity index (χ3n) is 4.80. The second-order valence-electron chi connectivity index (χ2n) is 6.47. The van der Waals surface area contributed by atoms with Crippen molar-refractivity contribution in [1.82, 2.24) is 5.32 Å². The maximum absolute atomic E-state index is 11.8. The zero-order chi connectivity index (χ0) is 15.1. The first-order valence-electron chi connectivity index (χ1n) is 8.77. The van der Waals surface area contributed by atoms with Crippen LogP contribution < -0.4 is 5.32 Å². The third-order valence-corrected chi connectivity index (χ3v) is 4.80. The molecule has 2 unspecified atom stereocenters. The van der Waals surface area contributed by atoms with Crippen molar-refractivity contribution in [3.63, 3.8) is 0 Å². The second kappa shape index (κ2) is 8.74. The highest BCUT2D eigenvalue weighted by Gasteiger charge is 2.29. The van der Waals surface area contributed by atoms with Crippen molar-refractivity contribution in [3.05, 3.63) is 0 Å². The van der Waals surface area contributed by atoms with Gasteiger partial charge in [-0.15, -0.1) is 0 Å². The minimum atomic E-state index is 0.00465. The maximum Gasteiger partial charge on any atom is 0.308 e. The molecule has 1 N–H and O–H groups in total. The number of rotatable bonds is 6. The molecule has 2 atom stereocenters. The average molecular weight is 297 g/mol. The molecule has 21 heavy (non-hydrogen) atoms. The first kappa shape index (κ1) is 16.8. The SMILES string of the molecule is CCCC1CC(NC2CCC(C(=O)OCC)CC2)CCO1. The summed E-state index contributed by atoms with van der Waals surface area (Å²) in [7, 11) is 0. The Hall–Kier alpha value is -0.610. The molecule has 2 aliphatic rings. The Morgan fingerprint density at radius 2 is 1.90 bits per heavy atom. The Kier molecular flexibility index (Phi) is 6.97. The fourth-order valence-corrected chi connectivity index (χ4v) is 3.64. The van der Waals surface area contributed by atoms with Gasteiger partial charge in [0.05, 0.1) is 18.6 Å². The molecule has 2 rings (SSSR count). The second-order valence-corrected chi connectivity index (χ2v) is 6.47. The Labute approximate surface area is 129 Å². The Morgan fingerprint density at radius 1 is 1.14 bits per heavy atom. The van der Waals surface area contributed by atoms with E-state index in [1.54, 1.807) is 0 Å². The number of ether oxygens (including phenoxy) is 2. The van der Waals surface area contributed by atoms with E-state index in [9.17, 15) is 4.79 Å². The average Bonchev–Trinajstić information content (AvgIpc) is 2.49. The van der Waals surface area contributed by atoms with Crippen LogP contribution in [-0.4, -0.2) is 37.4 Å². The van der Waals surface area contributed by atoms with Crippen LogP contribution in [0.2, 0.25) is 0 Å². The summed E-state index contributed by atoms with van der Waals surface area (Å²) in [5.41, 5.74) is 0. The van der Waals surface area contributed by atoms with Crippen molar-refractivity contribution >= 4 is 5.97 Å². The lowest BCUT2D eigenvalue weighted by molar-refractivity contribution is -0.149. The number of hydrogen-bond acceptors (Lipinski definition) is 4. The summed E-state index contributed by atoms with van der Waals surface area (Å²) in [6.07, 6.45) is 9.21. The highest BCUT2D eigenvalue weighted by molar-refractivity contribution is 5.72. The minimum absolute atomic E-state index is 0.00465. The normalized spacial score (nSPS) is 33.6. The van der Waals surface area contributed by atoms with E-state index < -0.39 is 0 Å². The van der Waals surface area contributed by atoms with Crippen LogP contribution in [0.1, 0.15) is 65.2 Å². The number of carbonyl (C=O) groups excluding carboxylic acids is 1. The van der Waals surface area contributed by atoms with Gasteiger partial charge < -0.3 is 14.8 Å². The summed E-state index contributed by atoms with van der Waals surface area (Å²) < 4.78 is 10.9. The molecule has 0 aromatic heterocycles. The van der Waals surface area contributed by atoms with Crippen LogP contribution in [0.25, 0.3) is 0 Å². The smallest absolute Gasteiger partial charge is 0.308 e. The lowest BCUT2D eigenvalue weighted by atomic mass is 9.85. The van der Waals surface area contributed by atoms with Crippen molar-refractivity contribution in [3.8, 4) is 0 Å². The van der Waals surface area contributed by atoms with Crippen LogP contribution in [0.3, 0.4) is 0 Å². The molecule has 1 aliphatic heterocycles. The van der Waals surface area contributed by atoms with Crippen molar-refractivity contribution in [2.75, 3.05) is 13.2 Å². The highest BCUT2D eigenvalue weighted by atomic mass is 16.5. The van der Waals surface area contributed by atoms with E-state index >= 15 is 0 Å². The first-order valence-corrected chi connectivity index (χ1v) is 8.77. The van der Waals surface area contributed by atoms with Crippen LogP contribution in [0.4, 0.5) is 0 Å². The summed E-state index contributed by atoms with van der Waals surface area (Å²) in [5, 5.41) is 3.81. The Morgan fingerprint density at radius 3 is 2.57 bits per heavy atom. The van der Waals surface area contributed by atoms with Gasteiger partial charge in [0.15, 0.2) is 0 Å². The van der Waals surface area contributed by atoms with E-state index in [-0.39, 0.29) is 11.9 Å². The first-order chi connectivity index (χ1) is 10.2. The summed E-state index contributed by atoms with van der Waals surface area (Å²) in [4.78, 5) is 11.8. The molecule has 4 heteroatoms. The fraction of sp³-hybridized carbons (Fsp3) is 0.941. The van der Waals surface area contributed by atoms with Gasteiger partial charge in [0.1, 0.15) is 0 Å². The van der Waals surface area contributed by atoms with Gasteiger partial charge in [-0.1, -0.05) is 13.3 Å². The van der Waals surface area contributed by atoms with Gasteiger partial charge in [0, 0.05) is 18.7 Å². The summed E-state index contributed by atoms with van der Waals surface area (Å²) in [6, 6.07) is 1.17. The number of carbonyl (C=O) groups is 1. The van der Waals surface area contributed by atoms with Gasteiger partial charge >= 0.3 is 5.97 Å². The predicted molar refractivity (Wildman–Crippen MR) is 83.2 cm³/mol. The summed E-state index contributed by atoms with van der Waals surface area (Å²) in [5.74, 6) is 0.135. The van der Waals surface area contributed by atoms with Crippen LogP contribution >= 0.6 is 0 Å². The minimum Gasteiger partial charge on any atom is -0.466 e. The topological polar surface area (TPSA) is 47.6 Å². The fourth-order valence-electron chi connectivity index (χ4n) is 3.64. The lowest BCUT2D eigenvalue weighted by Crippen LogP contribution is -2.45. The quantitative estimate of drug-likeness (QED) is 0.766. The zero-order valence-electron chi connectivity index (χ0n) is 13.6. The molecular formula is C17H31NO3. The summed E-state index contributed by atoms with van der Waals surface area (Å²) in [6.45, 7) is 5.48. The molecule has 1 saturated carbocycles. The third kappa shape index (κ3) is 5.26. The summed E-state index contributed by atoms with van der Waals surface area (Å²) >= 11 is 0. The van der Waals surface area contributed by atoms with E-state index in [1.165, 1.54) is 12.8 Å². The van der Waals surface area contributed by atoms with Gasteiger partial charge in [-0.3, -0.25) is 4.79 Å². The Balaban J connectivity index is 1.69. The van der Waals surface area contributed by atoms with Gasteiger partial charge in [0.2, 0.25) is 0 Å². The van der Waals surface area contributed by atoms with Crippen LogP contribution in [0.15, 0.2) is 0 Å². The maximum atomic E-state index is 11.8. The molecule has 122 valence electrons. The van der Waals surface area contributed by atoms with E-state index in [1.807, 2.05) is 6.92 Å². The van der Waals surface area contributed by atoms with Gasteiger partial charge in [0.25, 0.3) is 0 Å². The molecule has 0 amide bonds. The molecule has 0 radical (unpaired) electrons. The highest BCUT2D eigenvalue weighted by Crippen LogP contribution is 2.27. The molecule has 4 nitrogen and oxygen atoms in total. The van der Waals surface area contributed by atoms with Gasteiger partial charge in [-0.2, -0.15) is 0 Å². The van der Waals surface area contributed by atoms with Crippen molar-refractivity contribution < 1.29 is 14.3 Å². The largest absolute Gasteiger partial charge is 0.466 e. The van der Waals surface area contributed by atoms with Crippen LogP contribution in [0.5, 0.6) is 0 Å². The Bertz CT molecular complexity index is 311. The number of esters is 1. The standard InChI is InChI=1S/C17H31NO3/c1-3-5-16-12-15(10-11-21-16)18-14-8-6-13(7-9-14)17(19)20-4-2/h13-16,18H,3-12H2,1-2H3. The van der Waals surface area contributed by atoms with Crippen LogP contribution in [0, 0.1) is 5.92 Å². The van der Waals surface area contributed by atoms with E-state index in [2.05, 4.69) is 12.2 Å². The van der Waals surface area contributed by atoms with E-state index in [0.29, 0.717) is 24.8 Å². The molecule has 2 fully saturated rings. The molecule has 0 bridgehead atoms. The predicted octanol–water partition coefficient (Wildman–Crippen LogP) is 3.05. The molecule has 1 aliphatic carbocycles. The number of hydrogen-bond donors (Lipinski definition) is 1. The molecule has 1 heterocycles. The monoisotopic (exact) mass is 297 g/mol.